The molecule has 0 saturated carbocycles. The summed E-state index contributed by atoms with van der Waals surface area (Å²) in [5.41, 5.74) is 4.49. The summed E-state index contributed by atoms with van der Waals surface area (Å²) in [7, 11) is 0. The molecule has 2 N–H and O–H groups in total. The van der Waals surface area contributed by atoms with Crippen LogP contribution in [0, 0.1) is 13.8 Å². The first-order valence-electron chi connectivity index (χ1n) is 7.14. The number of hydrogen-bond acceptors (Lipinski definition) is 3. The molecule has 0 radical (unpaired) electrons. The van der Waals surface area contributed by atoms with Crippen LogP contribution in [-0.4, -0.2) is 19.8 Å². The number of aliphatic hydroxyl groups excluding tert-OH is 1. The number of aryl methyl sites for hydroxylation is 2. The molecule has 3 aromatic rings. The van der Waals surface area contributed by atoms with Gasteiger partial charge in [-0.15, -0.1) is 0 Å². The van der Waals surface area contributed by atoms with Crippen LogP contribution in [-0.2, 0) is 6.61 Å². The Bertz CT molecular complexity index is 781. The van der Waals surface area contributed by atoms with Crippen LogP contribution in [0.15, 0.2) is 48.8 Å². The smallest absolute Gasteiger partial charge is 0.144 e. The molecule has 0 bridgehead atoms. The van der Waals surface area contributed by atoms with Gasteiger partial charge >= 0.3 is 0 Å². The molecule has 22 heavy (non-hydrogen) atoms. The molecular formula is C18H18N2O2. The molecule has 1 heterocycles. The molecule has 0 atom stereocenters. The zero-order valence-electron chi connectivity index (χ0n) is 12.6. The minimum atomic E-state index is 0.0351. The van der Waals surface area contributed by atoms with E-state index in [2.05, 4.69) is 4.98 Å². The Morgan fingerprint density at radius 3 is 2.27 bits per heavy atom. The van der Waals surface area contributed by atoms with E-state index in [-0.39, 0.29) is 6.61 Å². The summed E-state index contributed by atoms with van der Waals surface area (Å²) in [6.45, 7) is 3.80. The molecule has 0 fully saturated rings. The highest BCUT2D eigenvalue weighted by Crippen LogP contribution is 2.29. The van der Waals surface area contributed by atoms with Crippen molar-refractivity contribution in [2.24, 2.45) is 0 Å². The summed E-state index contributed by atoms with van der Waals surface area (Å²) in [4.78, 5) is 4.45. The molecular weight excluding hydrogens is 276 g/mol. The first-order chi connectivity index (χ1) is 10.6. The number of aliphatic hydroxyl groups is 1. The third-order valence-electron chi connectivity index (χ3n) is 3.79. The van der Waals surface area contributed by atoms with Gasteiger partial charge in [0, 0.05) is 23.6 Å². The van der Waals surface area contributed by atoms with Crippen molar-refractivity contribution in [2.75, 3.05) is 0 Å². The number of phenolic OH excluding ortho intramolecular Hbond substituents is 1. The molecule has 4 nitrogen and oxygen atoms in total. The lowest BCUT2D eigenvalue weighted by Gasteiger charge is -2.11. The maximum Gasteiger partial charge on any atom is 0.144 e. The van der Waals surface area contributed by atoms with Gasteiger partial charge in [-0.25, -0.2) is 4.98 Å². The second-order valence-electron chi connectivity index (χ2n) is 5.40. The molecule has 4 heteroatoms. The Balaban J connectivity index is 2.08. The molecule has 0 saturated heterocycles. The summed E-state index contributed by atoms with van der Waals surface area (Å²) in [5.74, 6) is 1.15. The normalized spacial score (nSPS) is 10.9. The fourth-order valence-corrected chi connectivity index (χ4v) is 2.57. The lowest BCUT2D eigenvalue weighted by Crippen LogP contribution is -1.97. The number of phenols is 1. The predicted molar refractivity (Wildman–Crippen MR) is 86.1 cm³/mol. The summed E-state index contributed by atoms with van der Waals surface area (Å²) in [6, 6.07) is 11.6. The van der Waals surface area contributed by atoms with E-state index in [0.717, 1.165) is 33.8 Å². The molecule has 0 spiro atoms. The Hall–Kier alpha value is -2.59. The lowest BCUT2D eigenvalue weighted by molar-refractivity contribution is 0.282. The fourth-order valence-electron chi connectivity index (χ4n) is 2.57. The first kappa shape index (κ1) is 14.4. The molecule has 112 valence electrons. The quantitative estimate of drug-likeness (QED) is 0.779. The number of benzene rings is 2. The van der Waals surface area contributed by atoms with Gasteiger partial charge in [0.05, 0.1) is 6.61 Å². The Morgan fingerprint density at radius 1 is 1.05 bits per heavy atom. The van der Waals surface area contributed by atoms with Gasteiger partial charge in [-0.05, 0) is 54.8 Å². The van der Waals surface area contributed by atoms with E-state index in [9.17, 15) is 5.11 Å². The second-order valence-corrected chi connectivity index (χ2v) is 5.40. The number of aromatic hydroxyl groups is 1. The SMILES string of the molecule is Cc1cc(-c2nccn2-c2ccc(CO)cc2)cc(C)c1O. The Kier molecular flexibility index (Phi) is 3.69. The zero-order valence-corrected chi connectivity index (χ0v) is 12.6. The van der Waals surface area contributed by atoms with Crippen LogP contribution < -0.4 is 0 Å². The minimum absolute atomic E-state index is 0.0351. The molecule has 0 aliphatic rings. The van der Waals surface area contributed by atoms with E-state index in [4.69, 9.17) is 5.11 Å². The van der Waals surface area contributed by atoms with Crippen LogP contribution in [0.5, 0.6) is 5.75 Å². The average molecular weight is 294 g/mol. The zero-order chi connectivity index (χ0) is 15.7. The first-order valence-corrected chi connectivity index (χ1v) is 7.14. The summed E-state index contributed by atoms with van der Waals surface area (Å²) in [5, 5.41) is 19.1. The van der Waals surface area contributed by atoms with Crippen molar-refractivity contribution in [1.82, 2.24) is 9.55 Å². The summed E-state index contributed by atoms with van der Waals surface area (Å²) < 4.78 is 1.99. The molecule has 3 rings (SSSR count). The average Bonchev–Trinajstić information content (AvgIpc) is 3.01. The van der Waals surface area contributed by atoms with Gasteiger partial charge in [0.1, 0.15) is 11.6 Å². The van der Waals surface area contributed by atoms with Crippen molar-refractivity contribution in [2.45, 2.75) is 20.5 Å². The maximum absolute atomic E-state index is 9.92. The number of nitrogens with zero attached hydrogens (tertiary/aromatic N) is 2. The van der Waals surface area contributed by atoms with Crippen LogP contribution in [0.4, 0.5) is 0 Å². The Labute approximate surface area is 129 Å². The van der Waals surface area contributed by atoms with Gasteiger partial charge in [-0.2, -0.15) is 0 Å². The number of aromatic nitrogens is 2. The van der Waals surface area contributed by atoms with Crippen molar-refractivity contribution >= 4 is 0 Å². The van der Waals surface area contributed by atoms with Gasteiger partial charge in [0.15, 0.2) is 0 Å². The van der Waals surface area contributed by atoms with E-state index < -0.39 is 0 Å². The number of rotatable bonds is 3. The van der Waals surface area contributed by atoms with Crippen LogP contribution in [0.3, 0.4) is 0 Å². The highest BCUT2D eigenvalue weighted by molar-refractivity contribution is 5.63. The van der Waals surface area contributed by atoms with Crippen LogP contribution in [0.1, 0.15) is 16.7 Å². The van der Waals surface area contributed by atoms with E-state index in [1.807, 2.05) is 61.0 Å². The molecule has 0 aliphatic heterocycles. The van der Waals surface area contributed by atoms with Crippen molar-refractivity contribution in [3.63, 3.8) is 0 Å². The fraction of sp³-hybridized carbons (Fsp3) is 0.167. The van der Waals surface area contributed by atoms with Gasteiger partial charge in [-0.3, -0.25) is 4.57 Å². The lowest BCUT2D eigenvalue weighted by atomic mass is 10.1. The van der Waals surface area contributed by atoms with Crippen molar-refractivity contribution in [3.05, 3.63) is 65.5 Å². The van der Waals surface area contributed by atoms with Crippen molar-refractivity contribution in [1.29, 1.82) is 0 Å². The summed E-state index contributed by atoms with van der Waals surface area (Å²) in [6.07, 6.45) is 3.66. The van der Waals surface area contributed by atoms with Gasteiger partial charge in [-0.1, -0.05) is 12.1 Å². The molecule has 1 aromatic heterocycles. The van der Waals surface area contributed by atoms with E-state index in [1.54, 1.807) is 6.20 Å². The monoisotopic (exact) mass is 294 g/mol. The van der Waals surface area contributed by atoms with Gasteiger partial charge < -0.3 is 10.2 Å². The Morgan fingerprint density at radius 2 is 1.68 bits per heavy atom. The van der Waals surface area contributed by atoms with Crippen LogP contribution in [0.25, 0.3) is 17.1 Å². The van der Waals surface area contributed by atoms with Crippen molar-refractivity contribution < 1.29 is 10.2 Å². The van der Waals surface area contributed by atoms with Gasteiger partial charge in [0.2, 0.25) is 0 Å². The standard InChI is InChI=1S/C18H18N2O2/c1-12-9-15(10-13(2)17(12)22)18-19-7-8-20(18)16-5-3-14(11-21)4-6-16/h3-10,21-22H,11H2,1-2H3. The van der Waals surface area contributed by atoms with Crippen LogP contribution in [0.2, 0.25) is 0 Å². The maximum atomic E-state index is 9.92. The number of imidazole rings is 1. The second kappa shape index (κ2) is 5.66. The topological polar surface area (TPSA) is 58.3 Å². The minimum Gasteiger partial charge on any atom is -0.507 e. The largest absolute Gasteiger partial charge is 0.507 e. The molecule has 0 aliphatic carbocycles. The molecule has 2 aromatic carbocycles. The van der Waals surface area contributed by atoms with Crippen LogP contribution >= 0.6 is 0 Å². The third kappa shape index (κ3) is 2.49. The van der Waals surface area contributed by atoms with E-state index >= 15 is 0 Å². The van der Waals surface area contributed by atoms with Gasteiger partial charge in [0.25, 0.3) is 0 Å². The van der Waals surface area contributed by atoms with E-state index in [0.29, 0.717) is 5.75 Å². The van der Waals surface area contributed by atoms with Crippen molar-refractivity contribution in [3.8, 4) is 22.8 Å². The molecule has 0 unspecified atom stereocenters. The summed E-state index contributed by atoms with van der Waals surface area (Å²) >= 11 is 0. The highest BCUT2D eigenvalue weighted by Gasteiger charge is 2.11. The number of hydrogen-bond donors (Lipinski definition) is 2. The van der Waals surface area contributed by atoms with E-state index in [1.165, 1.54) is 0 Å². The molecule has 0 amide bonds. The highest BCUT2D eigenvalue weighted by atomic mass is 16.3. The third-order valence-corrected chi connectivity index (χ3v) is 3.79. The predicted octanol–water partition coefficient (Wildman–Crippen LogP) is 3.35.